The van der Waals surface area contributed by atoms with Crippen molar-refractivity contribution < 1.29 is 34.7 Å². The normalized spacial score (nSPS) is 12.3. The minimum atomic E-state index is -1.46. The van der Waals surface area contributed by atoms with E-state index in [0.29, 0.717) is 63.3 Å². The van der Waals surface area contributed by atoms with E-state index >= 15 is 0 Å². The maximum absolute atomic E-state index is 14.2. The maximum atomic E-state index is 14.2. The highest BCUT2D eigenvalue weighted by atomic mass is 17.1. The van der Waals surface area contributed by atoms with Crippen molar-refractivity contribution in [3.8, 4) is 22.5 Å². The Balaban J connectivity index is 1.60. The van der Waals surface area contributed by atoms with Gasteiger partial charge in [0, 0.05) is 18.5 Å². The lowest BCUT2D eigenvalue weighted by Crippen LogP contribution is -2.43. The monoisotopic (exact) mass is 693 g/mol. The molecule has 50 heavy (non-hydrogen) atoms. The molecule has 1 atom stereocenters. The van der Waals surface area contributed by atoms with Gasteiger partial charge in [0.15, 0.2) is 5.82 Å². The number of imidazole rings is 1. The van der Waals surface area contributed by atoms with Gasteiger partial charge in [0.25, 0.3) is 5.91 Å². The number of amides is 1. The molecule has 2 aromatic carbocycles. The highest BCUT2D eigenvalue weighted by molar-refractivity contribution is 5.97. The number of tetrazole rings is 1. The van der Waals surface area contributed by atoms with Crippen LogP contribution in [0.4, 0.5) is 0 Å². The number of esters is 1. The molecule has 1 unspecified atom stereocenters. The van der Waals surface area contributed by atoms with Crippen LogP contribution >= 0.6 is 0 Å². The number of hydrogen-bond acceptors (Lipinski definition) is 13. The van der Waals surface area contributed by atoms with Crippen LogP contribution in [0.15, 0.2) is 48.5 Å². The summed E-state index contributed by atoms with van der Waals surface area (Å²) in [6, 6.07) is 14.8. The molecule has 0 radical (unpaired) electrons. The molecule has 7 N–H and O–H groups in total. The third-order valence-corrected chi connectivity index (χ3v) is 7.97. The molecule has 16 nitrogen and oxygen atoms in total. The number of H-pyrrole nitrogens is 1. The smallest absolute Gasteiger partial charge is 0.328 e. The predicted molar refractivity (Wildman–Crippen MR) is 181 cm³/mol. The van der Waals surface area contributed by atoms with Crippen molar-refractivity contribution in [3.05, 3.63) is 71.3 Å². The first kappa shape index (κ1) is 38.2. The van der Waals surface area contributed by atoms with Crippen molar-refractivity contribution in [3.63, 3.8) is 0 Å². The van der Waals surface area contributed by atoms with Gasteiger partial charge in [0.2, 0.25) is 0 Å². The van der Waals surface area contributed by atoms with Gasteiger partial charge < -0.3 is 25.5 Å². The average molecular weight is 694 g/mol. The first-order valence-corrected chi connectivity index (χ1v) is 16.8. The Hall–Kier alpha value is -4.58. The Labute approximate surface area is 290 Å². The van der Waals surface area contributed by atoms with Crippen LogP contribution < -0.4 is 11.1 Å². The number of carbonyl (C=O) groups is 2. The Bertz CT molecular complexity index is 1650. The molecule has 0 bridgehead atoms. The van der Waals surface area contributed by atoms with Gasteiger partial charge in [-0.25, -0.2) is 14.9 Å². The zero-order valence-corrected chi connectivity index (χ0v) is 28.7. The SMILES string of the molecule is CCCc1nc(C(C)(C)O)c(C(=O)NC(CCCCN)C(=O)OCCCCON(O)O)n1Cc1ccc(-c2ccccc2-c2nnn[nH]2)cc1. The number of unbranched alkanes of at least 4 members (excludes halogenated alkanes) is 2. The fourth-order valence-corrected chi connectivity index (χ4v) is 5.52. The standard InChI is InChI=1S/C34H47N9O7/c1-4-11-28-37-30(34(2,3)46)29(32(44)36-27(14-7-8-19-35)33(45)49-20-9-10-21-50-43(47)48)42(28)22-23-15-17-24(18-16-23)25-12-5-6-13-26(25)31-38-40-41-39-31/h5-6,12-13,15-18,27,46-48H,4,7-11,14,19-22,35H2,1-3H3,(H,36,44)(H,38,39,40,41). The average Bonchev–Trinajstić information content (AvgIpc) is 3.75. The number of rotatable bonds is 20. The van der Waals surface area contributed by atoms with Crippen LogP contribution in [-0.2, 0) is 32.9 Å². The lowest BCUT2D eigenvalue weighted by Gasteiger charge is -2.21. The zero-order valence-electron chi connectivity index (χ0n) is 28.7. The van der Waals surface area contributed by atoms with Gasteiger partial charge in [-0.05, 0) is 86.0 Å². The van der Waals surface area contributed by atoms with Crippen LogP contribution in [0.1, 0.15) is 86.9 Å². The molecule has 0 saturated heterocycles. The first-order chi connectivity index (χ1) is 24.0. The zero-order chi connectivity index (χ0) is 36.1. The second kappa shape index (κ2) is 18.4. The Morgan fingerprint density at radius 3 is 2.40 bits per heavy atom. The number of nitrogens with one attached hydrogen (secondary N) is 2. The molecular formula is C34H47N9O7. The van der Waals surface area contributed by atoms with Crippen LogP contribution in [0, 0.1) is 0 Å². The molecule has 1 amide bonds. The van der Waals surface area contributed by atoms with Crippen molar-refractivity contribution >= 4 is 11.9 Å². The summed E-state index contributed by atoms with van der Waals surface area (Å²) in [6.45, 7) is 5.95. The van der Waals surface area contributed by atoms with Crippen molar-refractivity contribution in [2.45, 2.75) is 83.9 Å². The van der Waals surface area contributed by atoms with Crippen molar-refractivity contribution in [1.29, 1.82) is 0 Å². The number of hydrogen-bond donors (Lipinski definition) is 6. The lowest BCUT2D eigenvalue weighted by molar-refractivity contribution is -0.492. The van der Waals surface area contributed by atoms with E-state index in [2.05, 4.69) is 30.8 Å². The summed E-state index contributed by atoms with van der Waals surface area (Å²) in [5.41, 5.74) is 8.25. The van der Waals surface area contributed by atoms with Gasteiger partial charge in [0.1, 0.15) is 28.9 Å². The number of aromatic amines is 1. The molecule has 0 fully saturated rings. The number of benzene rings is 2. The van der Waals surface area contributed by atoms with Crippen LogP contribution in [0.5, 0.6) is 0 Å². The molecule has 16 heteroatoms. The number of aryl methyl sites for hydroxylation is 1. The largest absolute Gasteiger partial charge is 0.464 e. The molecule has 4 rings (SSSR count). The second-order valence-electron chi connectivity index (χ2n) is 12.4. The number of aliphatic hydroxyl groups is 1. The van der Waals surface area contributed by atoms with E-state index in [-0.39, 0.29) is 30.0 Å². The fraction of sp³-hybridized carbons (Fsp3) is 0.471. The molecule has 0 saturated carbocycles. The Kier molecular flexibility index (Phi) is 14.1. The third kappa shape index (κ3) is 10.5. The van der Waals surface area contributed by atoms with Gasteiger partial charge in [-0.15, -0.1) is 5.10 Å². The molecule has 0 aliphatic heterocycles. The van der Waals surface area contributed by atoms with E-state index in [1.807, 2.05) is 60.0 Å². The highest BCUT2D eigenvalue weighted by Crippen LogP contribution is 2.31. The quantitative estimate of drug-likeness (QED) is 0.0443. The van der Waals surface area contributed by atoms with Gasteiger partial charge in [-0.3, -0.25) is 20.0 Å². The molecule has 2 heterocycles. The van der Waals surface area contributed by atoms with Crippen LogP contribution in [-0.4, -0.2) is 88.8 Å². The molecule has 2 aromatic heterocycles. The first-order valence-electron chi connectivity index (χ1n) is 16.8. The van der Waals surface area contributed by atoms with Gasteiger partial charge >= 0.3 is 5.97 Å². The number of nitrogens with zero attached hydrogens (tertiary/aromatic N) is 6. The van der Waals surface area contributed by atoms with E-state index in [1.165, 1.54) is 0 Å². The summed E-state index contributed by atoms with van der Waals surface area (Å²) in [4.78, 5) is 36.6. The Morgan fingerprint density at radius 2 is 1.76 bits per heavy atom. The van der Waals surface area contributed by atoms with Crippen molar-refractivity contribution in [2.75, 3.05) is 19.8 Å². The highest BCUT2D eigenvalue weighted by Gasteiger charge is 2.33. The maximum Gasteiger partial charge on any atom is 0.328 e. The van der Waals surface area contributed by atoms with E-state index < -0.39 is 23.5 Å². The van der Waals surface area contributed by atoms with E-state index in [9.17, 15) is 14.7 Å². The molecule has 0 spiro atoms. The van der Waals surface area contributed by atoms with Gasteiger partial charge in [0.05, 0.1) is 18.6 Å². The minimum absolute atomic E-state index is 0.0153. The molecule has 0 aliphatic rings. The van der Waals surface area contributed by atoms with Gasteiger partial charge in [-0.2, -0.15) is 0 Å². The van der Waals surface area contributed by atoms with Crippen molar-refractivity contribution in [2.24, 2.45) is 5.73 Å². The molecule has 270 valence electrons. The summed E-state index contributed by atoms with van der Waals surface area (Å²) in [7, 11) is 0. The predicted octanol–water partition coefficient (Wildman–Crippen LogP) is 3.52. The summed E-state index contributed by atoms with van der Waals surface area (Å²) in [6.07, 6.45) is 3.64. The number of ether oxygens (including phenoxy) is 1. The number of carbonyl (C=O) groups excluding carboxylic acids is 2. The summed E-state index contributed by atoms with van der Waals surface area (Å²) in [5, 5.41) is 45.2. The summed E-state index contributed by atoms with van der Waals surface area (Å²) >= 11 is 0. The molecular weight excluding hydrogens is 646 g/mol. The molecule has 0 aliphatic carbocycles. The fourth-order valence-electron chi connectivity index (χ4n) is 5.52. The van der Waals surface area contributed by atoms with Gasteiger partial charge in [-0.1, -0.05) is 55.5 Å². The summed E-state index contributed by atoms with van der Waals surface area (Å²) < 4.78 is 7.27. The molecule has 4 aromatic rings. The number of nitrogens with two attached hydrogens (primary N) is 1. The van der Waals surface area contributed by atoms with Crippen LogP contribution in [0.2, 0.25) is 0 Å². The minimum Gasteiger partial charge on any atom is -0.464 e. The van der Waals surface area contributed by atoms with Crippen LogP contribution in [0.3, 0.4) is 0 Å². The third-order valence-electron chi connectivity index (χ3n) is 7.97. The van der Waals surface area contributed by atoms with Crippen molar-refractivity contribution in [1.82, 2.24) is 40.9 Å². The van der Waals surface area contributed by atoms with E-state index in [1.54, 1.807) is 13.8 Å². The summed E-state index contributed by atoms with van der Waals surface area (Å²) in [5.74, 6) is 0.0241. The van der Waals surface area contributed by atoms with E-state index in [4.69, 9.17) is 25.9 Å². The lowest BCUT2D eigenvalue weighted by atomic mass is 9.98. The second-order valence-corrected chi connectivity index (χ2v) is 12.4. The van der Waals surface area contributed by atoms with Crippen LogP contribution in [0.25, 0.3) is 22.5 Å². The van der Waals surface area contributed by atoms with E-state index in [0.717, 1.165) is 28.7 Å². The topological polar surface area (TPSA) is 227 Å². The number of aromatic nitrogens is 6. The Morgan fingerprint density at radius 1 is 1.04 bits per heavy atom.